The zero-order valence-electron chi connectivity index (χ0n) is 13.5. The number of hydrogen-bond acceptors (Lipinski definition) is 1. The van der Waals surface area contributed by atoms with Crippen molar-refractivity contribution in [3.05, 3.63) is 22.3 Å². The van der Waals surface area contributed by atoms with E-state index in [0.29, 0.717) is 11.8 Å². The van der Waals surface area contributed by atoms with E-state index >= 15 is 0 Å². The molecule has 124 valence electrons. The van der Waals surface area contributed by atoms with Crippen LogP contribution in [0.15, 0.2) is 22.3 Å². The SMILES string of the molecule is CC(C)CP(O)CC(C)C.[CH3][Ir]([CH3])([Br])([Br])[C]1=CC=CC1. The van der Waals surface area contributed by atoms with Crippen LogP contribution in [0.1, 0.15) is 34.1 Å². The zero-order valence-corrected chi connectivity index (χ0v) is 20.0. The normalized spacial score (nSPS) is 17.0. The number of rotatable bonds is 5. The van der Waals surface area contributed by atoms with E-state index in [1.54, 1.807) is 4.09 Å². The zero-order chi connectivity index (χ0) is 16.0. The van der Waals surface area contributed by atoms with Crippen molar-refractivity contribution in [1.82, 2.24) is 0 Å². The summed E-state index contributed by atoms with van der Waals surface area (Å²) in [5, 5.41) is 0. The van der Waals surface area contributed by atoms with Gasteiger partial charge in [-0.05, 0) is 24.2 Å². The molecule has 0 aliphatic heterocycles. The number of hydrogen-bond donors (Lipinski definition) is 1. The van der Waals surface area contributed by atoms with Crippen molar-refractivity contribution >= 4 is 35.1 Å². The van der Waals surface area contributed by atoms with Gasteiger partial charge in [0, 0.05) is 8.15 Å². The molecule has 1 nitrogen and oxygen atoms in total. The summed E-state index contributed by atoms with van der Waals surface area (Å²) >= 11 is 7.62. The average molecular weight is 609 g/mol. The second-order valence-electron chi connectivity index (χ2n) is 6.22. The average Bonchev–Trinajstić information content (AvgIpc) is 2.65. The van der Waals surface area contributed by atoms with Crippen LogP contribution in [-0.2, 0) is 10.1 Å². The summed E-state index contributed by atoms with van der Waals surface area (Å²) in [6.45, 7) is 8.63. The molecule has 0 heterocycles. The molecule has 0 unspecified atom stereocenters. The van der Waals surface area contributed by atoms with Crippen molar-refractivity contribution in [2.24, 2.45) is 11.8 Å². The van der Waals surface area contributed by atoms with Crippen LogP contribution >= 0.6 is 35.1 Å². The third-order valence-corrected chi connectivity index (χ3v) is 15.4. The molecule has 0 atom stereocenters. The molecular weight excluding hydrogens is 579 g/mol. The van der Waals surface area contributed by atoms with Crippen LogP contribution < -0.4 is 0 Å². The molecule has 0 spiro atoms. The molecule has 0 aromatic carbocycles. The third-order valence-electron chi connectivity index (χ3n) is 2.45. The van der Waals surface area contributed by atoms with Gasteiger partial charge >= 0.3 is 76.7 Å². The van der Waals surface area contributed by atoms with Gasteiger partial charge in [0.2, 0.25) is 0 Å². The molecule has 1 N–H and O–H groups in total. The molecule has 0 saturated carbocycles. The maximum atomic E-state index is 9.45. The predicted octanol–water partition coefficient (Wildman–Crippen LogP) is 6.92. The third kappa shape index (κ3) is 11.1. The molecule has 0 amide bonds. The Hall–Kier alpha value is 1.48. The molecular formula is C15H30Br2IrOP. The standard InChI is InChI=1S/C8H19OP.C5H5.2CH3.2BrH.Ir/c1-7(2)5-10(9)6-8(3)4;1-2-4-5-3-1;;;;;/h7-9H,5-6H2,1-4H3;1-3H,4H2;2*1H3;2*1H;/q;;;;;;+2/p-2. The molecule has 0 radical (unpaired) electrons. The van der Waals surface area contributed by atoms with Gasteiger partial charge in [-0.15, -0.1) is 0 Å². The van der Waals surface area contributed by atoms with Crippen LogP contribution in [-0.4, -0.2) is 17.2 Å². The van der Waals surface area contributed by atoms with E-state index < -0.39 is 18.2 Å². The molecule has 1 rings (SSSR count). The monoisotopic (exact) mass is 608 g/mol. The Morgan fingerprint density at radius 2 is 1.60 bits per heavy atom. The van der Waals surface area contributed by atoms with Crippen molar-refractivity contribution in [3.8, 4) is 0 Å². The summed E-state index contributed by atoms with van der Waals surface area (Å²) in [7, 11) is -3.05. The van der Waals surface area contributed by atoms with Gasteiger partial charge in [0.05, 0.1) is 0 Å². The first-order chi connectivity index (χ1) is 8.88. The van der Waals surface area contributed by atoms with Gasteiger partial charge in [0.15, 0.2) is 0 Å². The van der Waals surface area contributed by atoms with Crippen LogP contribution in [0.4, 0.5) is 0 Å². The molecule has 5 heteroatoms. The van der Waals surface area contributed by atoms with Crippen molar-refractivity contribution < 1.29 is 15.0 Å². The maximum absolute atomic E-state index is 9.45. The molecule has 0 bridgehead atoms. The first kappa shape index (κ1) is 21.5. The van der Waals surface area contributed by atoms with Gasteiger partial charge in [-0.3, -0.25) is 0 Å². The van der Waals surface area contributed by atoms with Crippen molar-refractivity contribution in [2.75, 3.05) is 12.3 Å². The molecule has 0 saturated heterocycles. The fourth-order valence-corrected chi connectivity index (χ4v) is 9.67. The van der Waals surface area contributed by atoms with E-state index in [9.17, 15) is 4.89 Å². The fraction of sp³-hybridized carbons (Fsp3) is 0.733. The Labute approximate surface area is 140 Å². The first-order valence-corrected chi connectivity index (χ1v) is 24.9. The van der Waals surface area contributed by atoms with E-state index in [4.69, 9.17) is 0 Å². The second kappa shape index (κ2) is 8.94. The van der Waals surface area contributed by atoms with Crippen LogP contribution in [0.3, 0.4) is 0 Å². The molecule has 20 heavy (non-hydrogen) atoms. The van der Waals surface area contributed by atoms with Crippen molar-refractivity contribution in [1.29, 1.82) is 0 Å². The number of allylic oxidation sites excluding steroid dienone is 4. The summed E-state index contributed by atoms with van der Waals surface area (Å²) in [5.41, 5.74) is 4.60. The minimum absolute atomic E-state index is 0.648. The number of halogens is 2. The Kier molecular flexibility index (Phi) is 9.60. The quantitative estimate of drug-likeness (QED) is 0.336. The summed E-state index contributed by atoms with van der Waals surface area (Å²) in [5.74, 6) is 1.30. The van der Waals surface area contributed by atoms with Gasteiger partial charge in [-0.1, -0.05) is 27.7 Å². The molecule has 0 fully saturated rings. The Morgan fingerprint density at radius 3 is 1.80 bits per heavy atom. The van der Waals surface area contributed by atoms with Gasteiger partial charge in [0.1, 0.15) is 0 Å². The molecule has 1 aliphatic carbocycles. The van der Waals surface area contributed by atoms with E-state index in [1.165, 1.54) is 0 Å². The van der Waals surface area contributed by atoms with E-state index in [0.717, 1.165) is 18.7 Å². The van der Waals surface area contributed by atoms with Gasteiger partial charge in [0.25, 0.3) is 0 Å². The van der Waals surface area contributed by atoms with Gasteiger partial charge in [-0.25, -0.2) is 0 Å². The topological polar surface area (TPSA) is 20.2 Å². The summed E-state index contributed by atoms with van der Waals surface area (Å²) in [4.78, 5) is 9.45. The summed E-state index contributed by atoms with van der Waals surface area (Å²) < 4.78 is 1.55. The summed E-state index contributed by atoms with van der Waals surface area (Å²) in [6, 6.07) is 0. The minimum atomic E-state index is -2.39. The predicted molar refractivity (Wildman–Crippen MR) is 100.0 cm³/mol. The fourth-order valence-electron chi connectivity index (χ4n) is 1.67. The van der Waals surface area contributed by atoms with Crippen molar-refractivity contribution in [2.45, 2.75) is 45.0 Å². The first-order valence-electron chi connectivity index (χ1n) is 6.76. The second-order valence-corrected chi connectivity index (χ2v) is 50.9. The molecule has 1 aliphatic rings. The Bertz CT molecular complexity index is 337. The van der Waals surface area contributed by atoms with E-state index in [2.05, 4.69) is 83.8 Å². The summed E-state index contributed by atoms with van der Waals surface area (Å²) in [6.07, 6.45) is 9.70. The molecule has 0 aromatic heterocycles. The Morgan fingerprint density at radius 1 is 1.15 bits per heavy atom. The molecule has 0 aromatic rings. The van der Waals surface area contributed by atoms with Gasteiger partial charge in [-0.2, -0.15) is 0 Å². The van der Waals surface area contributed by atoms with Crippen molar-refractivity contribution in [3.63, 3.8) is 0 Å². The van der Waals surface area contributed by atoms with Crippen LogP contribution in [0.5, 0.6) is 0 Å². The van der Waals surface area contributed by atoms with Crippen LogP contribution in [0.25, 0.3) is 0 Å². The van der Waals surface area contributed by atoms with Gasteiger partial charge < -0.3 is 4.89 Å². The Balaban J connectivity index is 0.000000361. The van der Waals surface area contributed by atoms with E-state index in [1.807, 2.05) is 0 Å². The van der Waals surface area contributed by atoms with Crippen LogP contribution in [0, 0.1) is 11.8 Å². The van der Waals surface area contributed by atoms with E-state index in [-0.39, 0.29) is 0 Å². The van der Waals surface area contributed by atoms with Crippen LogP contribution in [0.2, 0.25) is 10.9 Å².